The van der Waals surface area contributed by atoms with Crippen molar-refractivity contribution in [1.82, 2.24) is 15.0 Å². The molecule has 0 fully saturated rings. The molecule has 5 nitrogen and oxygen atoms in total. The van der Waals surface area contributed by atoms with Crippen LogP contribution < -0.4 is 5.73 Å². The number of hydrogen-bond donors (Lipinski definition) is 2. The maximum Gasteiger partial charge on any atom is 0.277 e. The Kier molecular flexibility index (Phi) is 2.38. The summed E-state index contributed by atoms with van der Waals surface area (Å²) in [6.45, 7) is 1.91. The molecule has 0 unspecified atom stereocenters. The van der Waals surface area contributed by atoms with Crippen molar-refractivity contribution in [2.24, 2.45) is 5.73 Å². The van der Waals surface area contributed by atoms with Crippen molar-refractivity contribution in [2.75, 3.05) is 0 Å². The predicted molar refractivity (Wildman–Crippen MR) is 70.5 cm³/mol. The minimum absolute atomic E-state index is 0.325. The monoisotopic (exact) mass is 258 g/mol. The second-order valence-electron chi connectivity index (χ2n) is 3.96. The molecule has 2 aromatic heterocycles. The highest BCUT2D eigenvalue weighted by molar-refractivity contribution is 7.12. The van der Waals surface area contributed by atoms with Gasteiger partial charge in [-0.3, -0.25) is 4.79 Å². The average molecular weight is 258 g/mol. The summed E-state index contributed by atoms with van der Waals surface area (Å²) in [6, 6.07) is 5.83. The summed E-state index contributed by atoms with van der Waals surface area (Å²) in [6.07, 6.45) is 0. The molecule has 0 aliphatic heterocycles. The van der Waals surface area contributed by atoms with Gasteiger partial charge >= 0.3 is 0 Å². The Morgan fingerprint density at radius 3 is 2.94 bits per heavy atom. The van der Waals surface area contributed by atoms with E-state index in [9.17, 15) is 4.79 Å². The molecule has 0 atom stereocenters. The molecular formula is C12H10N4OS. The van der Waals surface area contributed by atoms with Gasteiger partial charge in [-0.05, 0) is 19.1 Å². The van der Waals surface area contributed by atoms with Crippen molar-refractivity contribution in [3.8, 4) is 11.3 Å². The first-order valence-corrected chi connectivity index (χ1v) is 6.23. The van der Waals surface area contributed by atoms with Crippen LogP contribution in [-0.2, 0) is 0 Å². The highest BCUT2D eigenvalue weighted by Crippen LogP contribution is 2.24. The number of rotatable bonds is 2. The lowest BCUT2D eigenvalue weighted by Gasteiger charge is -1.96. The van der Waals surface area contributed by atoms with Crippen LogP contribution in [0.4, 0.5) is 0 Å². The zero-order chi connectivity index (χ0) is 12.7. The third-order valence-electron chi connectivity index (χ3n) is 2.61. The van der Waals surface area contributed by atoms with Crippen LogP contribution in [-0.4, -0.2) is 20.9 Å². The Bertz CT molecular complexity index is 743. The van der Waals surface area contributed by atoms with Crippen molar-refractivity contribution in [1.29, 1.82) is 0 Å². The fraction of sp³-hybridized carbons (Fsp3) is 0.0833. The Balaban J connectivity index is 2.09. The van der Waals surface area contributed by atoms with Gasteiger partial charge in [-0.1, -0.05) is 6.07 Å². The quantitative estimate of drug-likeness (QED) is 0.738. The van der Waals surface area contributed by atoms with Gasteiger partial charge in [0.15, 0.2) is 5.01 Å². The highest BCUT2D eigenvalue weighted by Gasteiger charge is 2.09. The number of amides is 1. The Hall–Kier alpha value is -2.21. The predicted octanol–water partition coefficient (Wildman–Crippen LogP) is 2.09. The zero-order valence-electron chi connectivity index (χ0n) is 9.60. The molecule has 0 radical (unpaired) electrons. The smallest absolute Gasteiger partial charge is 0.277 e. The molecule has 0 bridgehead atoms. The Morgan fingerprint density at radius 2 is 2.22 bits per heavy atom. The Morgan fingerprint density at radius 1 is 1.39 bits per heavy atom. The summed E-state index contributed by atoms with van der Waals surface area (Å²) >= 11 is 1.25. The van der Waals surface area contributed by atoms with Gasteiger partial charge < -0.3 is 10.7 Å². The van der Waals surface area contributed by atoms with Crippen LogP contribution in [0, 0.1) is 6.92 Å². The number of thiazole rings is 1. The van der Waals surface area contributed by atoms with E-state index in [0.717, 1.165) is 28.1 Å². The van der Waals surface area contributed by atoms with E-state index in [1.165, 1.54) is 11.3 Å². The lowest BCUT2D eigenvalue weighted by Crippen LogP contribution is -2.10. The lowest BCUT2D eigenvalue weighted by atomic mass is 10.1. The molecule has 0 saturated carbocycles. The third-order valence-corrected chi connectivity index (χ3v) is 3.47. The number of fused-ring (bicyclic) bond motifs is 1. The van der Waals surface area contributed by atoms with Crippen LogP contribution in [0.2, 0.25) is 0 Å². The van der Waals surface area contributed by atoms with Crippen LogP contribution in [0.3, 0.4) is 0 Å². The summed E-state index contributed by atoms with van der Waals surface area (Å²) in [5.41, 5.74) is 8.76. The van der Waals surface area contributed by atoms with Crippen molar-refractivity contribution in [3.05, 3.63) is 34.4 Å². The molecule has 2 heterocycles. The maximum atomic E-state index is 11.0. The van der Waals surface area contributed by atoms with Crippen LogP contribution >= 0.6 is 11.3 Å². The minimum Gasteiger partial charge on any atom is -0.364 e. The molecule has 18 heavy (non-hydrogen) atoms. The number of nitrogens with zero attached hydrogens (tertiary/aromatic N) is 2. The number of nitrogens with two attached hydrogens (primary N) is 1. The maximum absolute atomic E-state index is 11.0. The number of carbonyl (C=O) groups excluding carboxylic acids is 1. The SMILES string of the molecule is Cc1nc2ccc(-c3csc(C(N)=O)n3)cc2[nH]1. The molecule has 1 amide bonds. The number of benzene rings is 1. The van der Waals surface area contributed by atoms with Crippen LogP contribution in [0.15, 0.2) is 23.6 Å². The van der Waals surface area contributed by atoms with Crippen LogP contribution in [0.5, 0.6) is 0 Å². The molecule has 90 valence electrons. The molecule has 3 aromatic rings. The van der Waals surface area contributed by atoms with E-state index in [4.69, 9.17) is 5.73 Å². The second kappa shape index (κ2) is 3.92. The number of H-pyrrole nitrogens is 1. The number of aryl methyl sites for hydroxylation is 1. The standard InChI is InChI=1S/C12H10N4OS/c1-6-14-8-3-2-7(4-9(8)15-6)10-5-18-12(16-10)11(13)17/h2-5H,1H3,(H2,13,17)(H,14,15). The first-order valence-electron chi connectivity index (χ1n) is 5.35. The van der Waals surface area contributed by atoms with Crippen molar-refractivity contribution in [3.63, 3.8) is 0 Å². The van der Waals surface area contributed by atoms with Gasteiger partial charge in [0.05, 0.1) is 16.7 Å². The van der Waals surface area contributed by atoms with Gasteiger partial charge in [-0.25, -0.2) is 9.97 Å². The fourth-order valence-corrected chi connectivity index (χ4v) is 2.50. The topological polar surface area (TPSA) is 84.7 Å². The second-order valence-corrected chi connectivity index (χ2v) is 4.81. The number of aromatic nitrogens is 3. The van der Waals surface area contributed by atoms with Gasteiger partial charge in [0.2, 0.25) is 0 Å². The van der Waals surface area contributed by atoms with E-state index in [2.05, 4.69) is 15.0 Å². The molecule has 0 aliphatic carbocycles. The minimum atomic E-state index is -0.496. The molecule has 3 N–H and O–H groups in total. The molecule has 0 spiro atoms. The van der Waals surface area contributed by atoms with Crippen LogP contribution in [0.1, 0.15) is 15.6 Å². The van der Waals surface area contributed by atoms with E-state index in [1.807, 2.05) is 30.5 Å². The summed E-state index contributed by atoms with van der Waals surface area (Å²) in [4.78, 5) is 22.7. The van der Waals surface area contributed by atoms with E-state index >= 15 is 0 Å². The number of primary amides is 1. The molecule has 6 heteroatoms. The van der Waals surface area contributed by atoms with Crippen LogP contribution in [0.25, 0.3) is 22.3 Å². The summed E-state index contributed by atoms with van der Waals surface area (Å²) < 4.78 is 0. The van der Waals surface area contributed by atoms with Crippen molar-refractivity contribution >= 4 is 28.3 Å². The van der Waals surface area contributed by atoms with Gasteiger partial charge in [0, 0.05) is 10.9 Å². The van der Waals surface area contributed by atoms with Crippen molar-refractivity contribution < 1.29 is 4.79 Å². The van der Waals surface area contributed by atoms with Gasteiger partial charge in [0.1, 0.15) is 5.82 Å². The van der Waals surface area contributed by atoms with E-state index in [1.54, 1.807) is 0 Å². The molecule has 0 saturated heterocycles. The number of hydrogen-bond acceptors (Lipinski definition) is 4. The molecule has 0 aliphatic rings. The van der Waals surface area contributed by atoms with E-state index in [0.29, 0.717) is 5.01 Å². The first-order chi connectivity index (χ1) is 8.63. The molecule has 1 aromatic carbocycles. The third kappa shape index (κ3) is 1.76. The van der Waals surface area contributed by atoms with Gasteiger partial charge in [-0.15, -0.1) is 11.3 Å². The van der Waals surface area contributed by atoms with E-state index in [-0.39, 0.29) is 0 Å². The number of imidazole rings is 1. The highest BCUT2D eigenvalue weighted by atomic mass is 32.1. The molecular weight excluding hydrogens is 248 g/mol. The normalized spacial score (nSPS) is 10.9. The lowest BCUT2D eigenvalue weighted by molar-refractivity contribution is 0.1000. The summed E-state index contributed by atoms with van der Waals surface area (Å²) in [5.74, 6) is 0.378. The molecule has 3 rings (SSSR count). The Labute approximate surface area is 107 Å². The number of aromatic amines is 1. The van der Waals surface area contributed by atoms with E-state index < -0.39 is 5.91 Å². The first kappa shape index (κ1) is 10.9. The van der Waals surface area contributed by atoms with Gasteiger partial charge in [-0.2, -0.15) is 0 Å². The summed E-state index contributed by atoms with van der Waals surface area (Å²) in [7, 11) is 0. The largest absolute Gasteiger partial charge is 0.364 e. The van der Waals surface area contributed by atoms with Gasteiger partial charge in [0.25, 0.3) is 5.91 Å². The average Bonchev–Trinajstić information content (AvgIpc) is 2.91. The number of nitrogens with one attached hydrogen (secondary N) is 1. The number of carbonyl (C=O) groups is 1. The fourth-order valence-electron chi connectivity index (χ4n) is 1.82. The van der Waals surface area contributed by atoms with Crippen molar-refractivity contribution in [2.45, 2.75) is 6.92 Å². The zero-order valence-corrected chi connectivity index (χ0v) is 10.4. The summed E-state index contributed by atoms with van der Waals surface area (Å²) in [5, 5.41) is 2.15.